The van der Waals surface area contributed by atoms with Crippen LogP contribution in [-0.2, 0) is 13.0 Å². The van der Waals surface area contributed by atoms with Crippen molar-refractivity contribution in [3.8, 4) is 5.75 Å². The number of nitrogens with one attached hydrogen (secondary N) is 1. The molecule has 0 aliphatic rings. The molecule has 29 heavy (non-hydrogen) atoms. The number of halogens is 2. The van der Waals surface area contributed by atoms with E-state index < -0.39 is 0 Å². The smallest absolute Gasteiger partial charge is 0.225 e. The van der Waals surface area contributed by atoms with E-state index in [2.05, 4.69) is 20.2 Å². The summed E-state index contributed by atoms with van der Waals surface area (Å²) in [6, 6.07) is 15.6. The van der Waals surface area contributed by atoms with Crippen LogP contribution >= 0.6 is 23.2 Å². The van der Waals surface area contributed by atoms with Crippen molar-refractivity contribution in [1.82, 2.24) is 20.2 Å². The number of hydrogen-bond donors (Lipinski definition) is 1. The Morgan fingerprint density at radius 1 is 1.00 bits per heavy atom. The molecular formula is C21H19Cl2N5O. The van der Waals surface area contributed by atoms with E-state index in [9.17, 15) is 0 Å². The SMILES string of the molecule is COc1ccc(CN(C)c2nc(Cl)nc3c(Cc4cccc(Cl)c4)[nH]nc23)cc1. The topological polar surface area (TPSA) is 66.9 Å². The first-order valence-electron chi connectivity index (χ1n) is 9.02. The summed E-state index contributed by atoms with van der Waals surface area (Å²) < 4.78 is 5.22. The van der Waals surface area contributed by atoms with Crippen LogP contribution in [0, 0.1) is 0 Å². The molecule has 148 valence electrons. The molecule has 0 bridgehead atoms. The predicted octanol–water partition coefficient (Wildman–Crippen LogP) is 4.90. The fourth-order valence-electron chi connectivity index (χ4n) is 3.23. The summed E-state index contributed by atoms with van der Waals surface area (Å²) in [6.07, 6.45) is 0.617. The molecule has 8 heteroatoms. The molecule has 2 aromatic carbocycles. The lowest BCUT2D eigenvalue weighted by Gasteiger charge is -2.18. The van der Waals surface area contributed by atoms with Crippen LogP contribution in [0.1, 0.15) is 16.8 Å². The number of anilines is 1. The zero-order valence-electron chi connectivity index (χ0n) is 16.0. The maximum atomic E-state index is 6.24. The standard InChI is InChI=1S/C21H19Cl2N5O/c1-28(12-13-6-8-16(29-2)9-7-13)20-19-18(24-21(23)25-20)17(26-27-19)11-14-4-3-5-15(22)10-14/h3-10H,11-12H2,1-2H3,(H,26,27). The molecule has 0 spiro atoms. The highest BCUT2D eigenvalue weighted by Crippen LogP contribution is 2.27. The van der Waals surface area contributed by atoms with Crippen LogP contribution in [0.5, 0.6) is 5.75 Å². The molecule has 0 aliphatic heterocycles. The summed E-state index contributed by atoms with van der Waals surface area (Å²) in [5, 5.41) is 8.43. The van der Waals surface area contributed by atoms with E-state index in [1.807, 2.05) is 60.5 Å². The summed E-state index contributed by atoms with van der Waals surface area (Å²) in [5.74, 6) is 1.49. The first-order valence-corrected chi connectivity index (χ1v) is 9.78. The van der Waals surface area contributed by atoms with Crippen LogP contribution in [0.15, 0.2) is 48.5 Å². The van der Waals surface area contributed by atoms with E-state index in [4.69, 9.17) is 27.9 Å². The molecule has 0 aliphatic carbocycles. The van der Waals surface area contributed by atoms with Crippen LogP contribution < -0.4 is 9.64 Å². The van der Waals surface area contributed by atoms with Gasteiger partial charge in [0.05, 0.1) is 12.8 Å². The second-order valence-corrected chi connectivity index (χ2v) is 7.50. The first kappa shape index (κ1) is 19.5. The normalized spacial score (nSPS) is 11.0. The lowest BCUT2D eigenvalue weighted by molar-refractivity contribution is 0.414. The Hall–Kier alpha value is -2.83. The second kappa shape index (κ2) is 8.27. The molecule has 0 fully saturated rings. The van der Waals surface area contributed by atoms with Gasteiger partial charge in [-0.3, -0.25) is 5.10 Å². The summed E-state index contributed by atoms with van der Waals surface area (Å²) in [6.45, 7) is 0.642. The van der Waals surface area contributed by atoms with E-state index in [1.54, 1.807) is 7.11 Å². The van der Waals surface area contributed by atoms with Gasteiger partial charge in [-0.2, -0.15) is 10.1 Å². The zero-order valence-corrected chi connectivity index (χ0v) is 17.5. The van der Waals surface area contributed by atoms with Crippen LogP contribution in [0.2, 0.25) is 10.3 Å². The first-order chi connectivity index (χ1) is 14.0. The van der Waals surface area contributed by atoms with Gasteiger partial charge in [0, 0.05) is 25.0 Å². The maximum Gasteiger partial charge on any atom is 0.225 e. The van der Waals surface area contributed by atoms with Gasteiger partial charge in [-0.25, -0.2) is 4.98 Å². The number of fused-ring (bicyclic) bond motifs is 1. The monoisotopic (exact) mass is 427 g/mol. The predicted molar refractivity (Wildman–Crippen MR) is 116 cm³/mol. The van der Waals surface area contributed by atoms with Crippen molar-refractivity contribution < 1.29 is 4.74 Å². The summed E-state index contributed by atoms with van der Waals surface area (Å²) >= 11 is 12.3. The number of aromatic amines is 1. The highest BCUT2D eigenvalue weighted by molar-refractivity contribution is 6.30. The van der Waals surface area contributed by atoms with Gasteiger partial charge in [0.25, 0.3) is 0 Å². The van der Waals surface area contributed by atoms with E-state index in [0.717, 1.165) is 22.6 Å². The van der Waals surface area contributed by atoms with Crippen LogP contribution in [0.25, 0.3) is 11.0 Å². The van der Waals surface area contributed by atoms with Gasteiger partial charge in [-0.1, -0.05) is 35.9 Å². The molecule has 2 heterocycles. The van der Waals surface area contributed by atoms with E-state index in [1.165, 1.54) is 0 Å². The highest BCUT2D eigenvalue weighted by atomic mass is 35.5. The third-order valence-electron chi connectivity index (χ3n) is 4.64. The third-order valence-corrected chi connectivity index (χ3v) is 5.04. The number of rotatable bonds is 6. The molecule has 0 unspecified atom stereocenters. The van der Waals surface area contributed by atoms with Crippen molar-refractivity contribution in [3.63, 3.8) is 0 Å². The van der Waals surface area contributed by atoms with Gasteiger partial charge < -0.3 is 9.64 Å². The van der Waals surface area contributed by atoms with Gasteiger partial charge in [-0.05, 0) is 47.0 Å². The number of H-pyrrole nitrogens is 1. The Morgan fingerprint density at radius 2 is 1.79 bits per heavy atom. The molecule has 4 aromatic rings. The second-order valence-electron chi connectivity index (χ2n) is 6.73. The third kappa shape index (κ3) is 4.28. The van der Waals surface area contributed by atoms with Gasteiger partial charge in [0.15, 0.2) is 11.3 Å². The Labute approximate surface area is 178 Å². The number of benzene rings is 2. The lowest BCUT2D eigenvalue weighted by Crippen LogP contribution is -2.18. The molecule has 6 nitrogen and oxygen atoms in total. The fraction of sp³-hybridized carbons (Fsp3) is 0.190. The molecule has 0 atom stereocenters. The molecule has 2 aromatic heterocycles. The highest BCUT2D eigenvalue weighted by Gasteiger charge is 2.17. The fourth-order valence-corrected chi connectivity index (χ4v) is 3.60. The average Bonchev–Trinajstić information content (AvgIpc) is 3.10. The van der Waals surface area contributed by atoms with E-state index in [-0.39, 0.29) is 5.28 Å². The summed E-state index contributed by atoms with van der Waals surface area (Å²) in [4.78, 5) is 10.8. The van der Waals surface area contributed by atoms with Crippen molar-refractivity contribution in [3.05, 3.63) is 75.7 Å². The molecule has 0 saturated heterocycles. The largest absolute Gasteiger partial charge is 0.497 e. The Balaban J connectivity index is 1.65. The number of nitrogens with zero attached hydrogens (tertiary/aromatic N) is 4. The van der Waals surface area contributed by atoms with E-state index >= 15 is 0 Å². The lowest BCUT2D eigenvalue weighted by atomic mass is 10.1. The number of ether oxygens (including phenoxy) is 1. The quantitative estimate of drug-likeness (QED) is 0.443. The minimum Gasteiger partial charge on any atom is -0.497 e. The maximum absolute atomic E-state index is 6.24. The van der Waals surface area contributed by atoms with Gasteiger partial charge in [-0.15, -0.1) is 0 Å². The van der Waals surface area contributed by atoms with Crippen molar-refractivity contribution in [2.24, 2.45) is 0 Å². The van der Waals surface area contributed by atoms with Crippen LogP contribution in [0.4, 0.5) is 5.82 Å². The van der Waals surface area contributed by atoms with Crippen molar-refractivity contribution in [2.75, 3.05) is 19.1 Å². The minimum absolute atomic E-state index is 0.183. The molecule has 1 N–H and O–H groups in total. The Kier molecular flexibility index (Phi) is 5.56. The van der Waals surface area contributed by atoms with E-state index in [0.29, 0.717) is 34.8 Å². The molecule has 4 rings (SSSR count). The number of aromatic nitrogens is 4. The van der Waals surface area contributed by atoms with Crippen LogP contribution in [-0.4, -0.2) is 34.3 Å². The average molecular weight is 428 g/mol. The molecule has 0 amide bonds. The van der Waals surface area contributed by atoms with Gasteiger partial charge in [0.2, 0.25) is 5.28 Å². The Bertz CT molecular complexity index is 1140. The summed E-state index contributed by atoms with van der Waals surface area (Å²) in [7, 11) is 3.60. The molecular weight excluding hydrogens is 409 g/mol. The molecule has 0 radical (unpaired) electrons. The van der Waals surface area contributed by atoms with Crippen LogP contribution in [0.3, 0.4) is 0 Å². The van der Waals surface area contributed by atoms with Gasteiger partial charge >= 0.3 is 0 Å². The minimum atomic E-state index is 0.183. The zero-order chi connectivity index (χ0) is 20.4. The van der Waals surface area contributed by atoms with Crippen molar-refractivity contribution in [2.45, 2.75) is 13.0 Å². The van der Waals surface area contributed by atoms with Crippen molar-refractivity contribution >= 4 is 40.1 Å². The van der Waals surface area contributed by atoms with Crippen molar-refractivity contribution in [1.29, 1.82) is 0 Å². The summed E-state index contributed by atoms with van der Waals surface area (Å²) in [5.41, 5.74) is 4.44. The molecule has 0 saturated carbocycles. The Morgan fingerprint density at radius 3 is 2.52 bits per heavy atom. The number of hydrogen-bond acceptors (Lipinski definition) is 5. The van der Waals surface area contributed by atoms with Gasteiger partial charge in [0.1, 0.15) is 11.3 Å². The number of methoxy groups -OCH3 is 1.